The van der Waals surface area contributed by atoms with Crippen LogP contribution in [0.15, 0.2) is 61.2 Å². The van der Waals surface area contributed by atoms with E-state index < -0.39 is 8.07 Å². The second-order valence-electron chi connectivity index (χ2n) is 10.4. The van der Waals surface area contributed by atoms with Crippen LogP contribution in [-0.4, -0.2) is 43.6 Å². The second kappa shape index (κ2) is 9.83. The number of hydrogen-bond acceptors (Lipinski definition) is 6. The van der Waals surface area contributed by atoms with Gasteiger partial charge in [-0.2, -0.15) is 4.98 Å². The molecule has 0 unspecified atom stereocenters. The normalized spacial score (nSPS) is 12.9. The van der Waals surface area contributed by atoms with Gasteiger partial charge in [0.05, 0.1) is 24.3 Å². The van der Waals surface area contributed by atoms with Gasteiger partial charge in [0.15, 0.2) is 5.65 Å². The first-order valence-corrected chi connectivity index (χ1v) is 16.1. The molecule has 0 saturated heterocycles. The number of aryl methyl sites for hydroxylation is 1. The lowest BCUT2D eigenvalue weighted by atomic mass is 10.1. The lowest BCUT2D eigenvalue weighted by Gasteiger charge is -2.16. The van der Waals surface area contributed by atoms with E-state index >= 15 is 0 Å². The number of nitrogens with one attached hydrogen (secondary N) is 1. The maximum absolute atomic E-state index is 6.03. The Bertz CT molecular complexity index is 1490. The van der Waals surface area contributed by atoms with Crippen molar-refractivity contribution in [1.29, 1.82) is 0 Å². The molecule has 0 saturated carbocycles. The van der Waals surface area contributed by atoms with E-state index in [2.05, 4.69) is 66.4 Å². The molecule has 0 aliphatic heterocycles. The third-order valence-electron chi connectivity index (χ3n) is 6.31. The van der Waals surface area contributed by atoms with E-state index in [0.717, 1.165) is 52.0 Å². The summed E-state index contributed by atoms with van der Waals surface area (Å²) in [6, 6.07) is 15.5. The Morgan fingerprint density at radius 1 is 1.00 bits per heavy atom. The summed E-state index contributed by atoms with van der Waals surface area (Å²) in [5.74, 6) is 0.542. The van der Waals surface area contributed by atoms with Crippen LogP contribution in [-0.2, 0) is 11.5 Å². The van der Waals surface area contributed by atoms with Gasteiger partial charge in [-0.3, -0.25) is 8.97 Å². The van der Waals surface area contributed by atoms with E-state index in [4.69, 9.17) is 19.7 Å². The molecule has 9 heteroatoms. The van der Waals surface area contributed by atoms with Crippen LogP contribution in [0.5, 0.6) is 0 Å². The third kappa shape index (κ3) is 5.03. The highest BCUT2D eigenvalue weighted by Gasteiger charge is 2.20. The van der Waals surface area contributed by atoms with Crippen molar-refractivity contribution in [3.8, 4) is 11.4 Å². The van der Waals surface area contributed by atoms with Gasteiger partial charge in [0, 0.05) is 20.9 Å². The highest BCUT2D eigenvalue weighted by Crippen LogP contribution is 2.29. The molecule has 5 rings (SSSR count). The van der Waals surface area contributed by atoms with E-state index in [9.17, 15) is 0 Å². The minimum atomic E-state index is -1.16. The predicted octanol–water partition coefficient (Wildman–Crippen LogP) is 5.93. The van der Waals surface area contributed by atoms with Gasteiger partial charge in [0.2, 0.25) is 5.95 Å². The van der Waals surface area contributed by atoms with Gasteiger partial charge in [-0.15, -0.1) is 0 Å². The average molecular weight is 500 g/mol. The molecule has 1 aromatic carbocycles. The minimum Gasteiger partial charge on any atom is -0.361 e. The number of nitrogens with zero attached hydrogens (tertiary/aromatic N) is 6. The fraction of sp³-hybridized carbons (Fsp3) is 0.333. The molecule has 0 spiro atoms. The van der Waals surface area contributed by atoms with E-state index in [-0.39, 0.29) is 6.04 Å². The summed E-state index contributed by atoms with van der Waals surface area (Å²) in [5.41, 5.74) is 6.25. The monoisotopic (exact) mass is 499 g/mol. The van der Waals surface area contributed by atoms with Crippen molar-refractivity contribution in [1.82, 2.24) is 28.9 Å². The van der Waals surface area contributed by atoms with Crippen LogP contribution in [0.2, 0.25) is 25.7 Å². The molecule has 186 valence electrons. The smallest absolute Gasteiger partial charge is 0.225 e. The number of benzene rings is 1. The van der Waals surface area contributed by atoms with E-state index in [0.29, 0.717) is 12.7 Å². The van der Waals surface area contributed by atoms with Crippen molar-refractivity contribution in [3.05, 3.63) is 72.3 Å². The summed E-state index contributed by atoms with van der Waals surface area (Å²) in [5, 5.41) is 3.49. The van der Waals surface area contributed by atoms with Crippen LogP contribution in [0.3, 0.4) is 0 Å². The minimum absolute atomic E-state index is 0.0327. The van der Waals surface area contributed by atoms with Gasteiger partial charge in [-0.1, -0.05) is 56.0 Å². The van der Waals surface area contributed by atoms with Gasteiger partial charge in [-0.05, 0) is 37.1 Å². The zero-order chi connectivity index (χ0) is 25.3. The molecule has 4 aromatic heterocycles. The highest BCUT2D eigenvalue weighted by molar-refractivity contribution is 6.76. The summed E-state index contributed by atoms with van der Waals surface area (Å²) in [4.78, 5) is 19.2. The number of pyridine rings is 1. The van der Waals surface area contributed by atoms with E-state index in [1.165, 1.54) is 0 Å². The van der Waals surface area contributed by atoms with Crippen LogP contribution >= 0.6 is 0 Å². The molecule has 4 heterocycles. The van der Waals surface area contributed by atoms with Crippen LogP contribution in [0.25, 0.3) is 28.2 Å². The summed E-state index contributed by atoms with van der Waals surface area (Å²) < 4.78 is 10.0. The standard InChI is InChI=1S/C27H33N7OSi/c1-19-10-9-13-34-22(16-28-25(19)34)23-24-26(33(17-29-24)18-35-14-15-36(3,4)5)32-27(31-23)30-20(2)21-11-7-6-8-12-21/h6-13,16-17,20H,14-15,18H2,1-5H3,(H,30,31,32)/t20-/m0/s1. The molecule has 8 nitrogen and oxygen atoms in total. The van der Waals surface area contributed by atoms with Crippen molar-refractivity contribution in [3.63, 3.8) is 0 Å². The number of anilines is 1. The molecular formula is C27H33N7OSi. The average Bonchev–Trinajstić information content (AvgIpc) is 3.47. The van der Waals surface area contributed by atoms with Crippen LogP contribution in [0.1, 0.15) is 24.1 Å². The Labute approximate surface area is 212 Å². The molecule has 36 heavy (non-hydrogen) atoms. The van der Waals surface area contributed by atoms with Crippen LogP contribution in [0.4, 0.5) is 5.95 Å². The van der Waals surface area contributed by atoms with Crippen LogP contribution < -0.4 is 5.32 Å². The summed E-state index contributed by atoms with van der Waals surface area (Å²) in [6.45, 7) is 12.4. The van der Waals surface area contributed by atoms with Gasteiger partial charge in [-0.25, -0.2) is 15.0 Å². The first-order valence-electron chi connectivity index (χ1n) is 12.4. The predicted molar refractivity (Wildman–Crippen MR) is 147 cm³/mol. The Kier molecular flexibility index (Phi) is 6.59. The highest BCUT2D eigenvalue weighted by atomic mass is 28.3. The zero-order valence-electron chi connectivity index (χ0n) is 21.6. The number of imidazole rings is 2. The topological polar surface area (TPSA) is 82.2 Å². The third-order valence-corrected chi connectivity index (χ3v) is 8.01. The lowest BCUT2D eigenvalue weighted by Crippen LogP contribution is -2.22. The Balaban J connectivity index is 1.55. The maximum atomic E-state index is 6.03. The lowest BCUT2D eigenvalue weighted by molar-refractivity contribution is 0.0895. The summed E-state index contributed by atoms with van der Waals surface area (Å²) in [6.07, 6.45) is 5.66. The first kappa shape index (κ1) is 24.1. The summed E-state index contributed by atoms with van der Waals surface area (Å²) in [7, 11) is -1.16. The second-order valence-corrected chi connectivity index (χ2v) is 16.1. The fourth-order valence-corrected chi connectivity index (χ4v) is 4.93. The number of fused-ring (bicyclic) bond motifs is 2. The number of hydrogen-bond donors (Lipinski definition) is 1. The molecule has 0 amide bonds. The molecule has 0 aliphatic rings. The van der Waals surface area contributed by atoms with Crippen molar-refractivity contribution in [2.45, 2.75) is 52.3 Å². The largest absolute Gasteiger partial charge is 0.361 e. The van der Waals surface area contributed by atoms with Crippen LogP contribution in [0, 0.1) is 6.92 Å². The molecule has 0 radical (unpaired) electrons. The molecule has 0 aliphatic carbocycles. The number of aromatic nitrogens is 6. The Morgan fingerprint density at radius 2 is 1.81 bits per heavy atom. The number of rotatable bonds is 9. The van der Waals surface area contributed by atoms with Crippen molar-refractivity contribution < 1.29 is 4.74 Å². The molecule has 1 N–H and O–H groups in total. The first-order chi connectivity index (χ1) is 17.3. The number of ether oxygens (including phenoxy) is 1. The van der Waals surface area contributed by atoms with Gasteiger partial charge in [0.1, 0.15) is 23.6 Å². The molecule has 0 bridgehead atoms. The Morgan fingerprint density at radius 3 is 2.58 bits per heavy atom. The van der Waals surface area contributed by atoms with Gasteiger partial charge < -0.3 is 10.1 Å². The fourth-order valence-electron chi connectivity index (χ4n) is 4.17. The molecular weight excluding hydrogens is 466 g/mol. The molecule has 5 aromatic rings. The Hall–Kier alpha value is -3.56. The van der Waals surface area contributed by atoms with Crippen molar-refractivity contribution >= 4 is 30.8 Å². The van der Waals surface area contributed by atoms with Crippen molar-refractivity contribution in [2.24, 2.45) is 0 Å². The maximum Gasteiger partial charge on any atom is 0.225 e. The summed E-state index contributed by atoms with van der Waals surface area (Å²) >= 11 is 0. The zero-order valence-corrected chi connectivity index (χ0v) is 22.6. The van der Waals surface area contributed by atoms with Gasteiger partial charge >= 0.3 is 0 Å². The van der Waals surface area contributed by atoms with E-state index in [1.807, 2.05) is 41.2 Å². The molecule has 1 atom stereocenters. The van der Waals surface area contributed by atoms with Gasteiger partial charge in [0.25, 0.3) is 0 Å². The van der Waals surface area contributed by atoms with E-state index in [1.54, 1.807) is 6.33 Å². The SMILES string of the molecule is Cc1cccn2c(-c3nc(N[C@@H](C)c4ccccc4)nc4c3ncn4COCC[Si](C)(C)C)cnc12. The van der Waals surface area contributed by atoms with Crippen molar-refractivity contribution in [2.75, 3.05) is 11.9 Å². The molecule has 0 fully saturated rings. The quantitative estimate of drug-likeness (QED) is 0.200.